The molecule has 0 radical (unpaired) electrons. The lowest BCUT2D eigenvalue weighted by Gasteiger charge is -2.14. The molecular weight excluding hydrogens is 376 g/mol. The van der Waals surface area contributed by atoms with Crippen LogP contribution in [0.5, 0.6) is 0 Å². The Morgan fingerprint density at radius 3 is 2.74 bits per heavy atom. The predicted molar refractivity (Wildman–Crippen MR) is 113 cm³/mol. The fourth-order valence-corrected chi connectivity index (χ4v) is 4.44. The van der Waals surface area contributed by atoms with Crippen molar-refractivity contribution in [1.82, 2.24) is 4.57 Å². The quantitative estimate of drug-likeness (QED) is 0.537. The molecule has 3 nitrogen and oxygen atoms in total. The number of hydrogen-bond donors (Lipinski definition) is 0. The average molecular weight is 399 g/mol. The summed E-state index contributed by atoms with van der Waals surface area (Å²) in [5.74, 6) is 0. The third-order valence-corrected chi connectivity index (χ3v) is 6.04. The Morgan fingerprint density at radius 2 is 2.00 bits per heavy atom. The number of benzene rings is 2. The van der Waals surface area contributed by atoms with Gasteiger partial charge in [0.05, 0.1) is 24.0 Å². The van der Waals surface area contributed by atoms with Crippen LogP contribution in [0.3, 0.4) is 0 Å². The molecule has 1 fully saturated rings. The van der Waals surface area contributed by atoms with E-state index in [0.29, 0.717) is 0 Å². The molecule has 2 heterocycles. The molecule has 0 aliphatic carbocycles. The third-order valence-electron chi connectivity index (χ3n) is 4.93. The van der Waals surface area contributed by atoms with Crippen molar-refractivity contribution in [3.8, 4) is 11.3 Å². The minimum Gasteiger partial charge on any atom is -0.376 e. The molecular formula is C22H23ClN2OS. The van der Waals surface area contributed by atoms with Crippen LogP contribution in [0.2, 0.25) is 5.02 Å². The van der Waals surface area contributed by atoms with Gasteiger partial charge in [0, 0.05) is 17.0 Å². The molecule has 1 saturated heterocycles. The van der Waals surface area contributed by atoms with Crippen LogP contribution in [-0.4, -0.2) is 17.3 Å². The van der Waals surface area contributed by atoms with Gasteiger partial charge in [0.25, 0.3) is 0 Å². The van der Waals surface area contributed by atoms with Gasteiger partial charge in [0.15, 0.2) is 4.80 Å². The molecule has 1 aliphatic heterocycles. The van der Waals surface area contributed by atoms with Crippen LogP contribution in [0.4, 0.5) is 5.69 Å². The lowest BCUT2D eigenvalue weighted by Crippen LogP contribution is -2.24. The summed E-state index contributed by atoms with van der Waals surface area (Å²) in [6, 6.07) is 14.4. The van der Waals surface area contributed by atoms with Crippen LogP contribution in [-0.2, 0) is 11.3 Å². The van der Waals surface area contributed by atoms with Gasteiger partial charge in [-0.1, -0.05) is 35.9 Å². The fraction of sp³-hybridized carbons (Fsp3) is 0.318. The Kier molecular flexibility index (Phi) is 5.48. The summed E-state index contributed by atoms with van der Waals surface area (Å²) in [4.78, 5) is 6.01. The monoisotopic (exact) mass is 398 g/mol. The van der Waals surface area contributed by atoms with E-state index in [0.717, 1.165) is 52.8 Å². The van der Waals surface area contributed by atoms with Crippen molar-refractivity contribution in [3.05, 3.63) is 68.8 Å². The SMILES string of the molecule is Cc1ccc(C)c(N=c2scc(-c3ccc(Cl)cc3)n2CC2CCCO2)c1. The van der Waals surface area contributed by atoms with E-state index >= 15 is 0 Å². The zero-order valence-corrected chi connectivity index (χ0v) is 17.2. The highest BCUT2D eigenvalue weighted by molar-refractivity contribution is 7.07. The molecule has 5 heteroatoms. The first-order valence-corrected chi connectivity index (χ1v) is 10.5. The summed E-state index contributed by atoms with van der Waals surface area (Å²) in [5.41, 5.74) is 5.75. The maximum atomic E-state index is 6.08. The molecule has 3 aromatic rings. The minimum atomic E-state index is 0.253. The molecule has 0 bridgehead atoms. The van der Waals surface area contributed by atoms with Crippen molar-refractivity contribution in [3.63, 3.8) is 0 Å². The second kappa shape index (κ2) is 8.01. The number of ether oxygens (including phenoxy) is 1. The lowest BCUT2D eigenvalue weighted by molar-refractivity contribution is 0.0968. The van der Waals surface area contributed by atoms with Crippen LogP contribution >= 0.6 is 22.9 Å². The van der Waals surface area contributed by atoms with Gasteiger partial charge in [-0.25, -0.2) is 4.99 Å². The van der Waals surface area contributed by atoms with Gasteiger partial charge in [0.2, 0.25) is 0 Å². The number of rotatable bonds is 4. The van der Waals surface area contributed by atoms with Crippen LogP contribution in [0.15, 0.2) is 52.8 Å². The molecule has 1 aromatic heterocycles. The predicted octanol–water partition coefficient (Wildman–Crippen LogP) is 5.90. The number of hydrogen-bond acceptors (Lipinski definition) is 3. The molecule has 0 amide bonds. The number of aromatic nitrogens is 1. The van der Waals surface area contributed by atoms with Crippen molar-refractivity contribution in [2.24, 2.45) is 4.99 Å². The van der Waals surface area contributed by atoms with Gasteiger partial charge in [0.1, 0.15) is 0 Å². The van der Waals surface area contributed by atoms with Gasteiger partial charge >= 0.3 is 0 Å². The molecule has 1 unspecified atom stereocenters. The van der Waals surface area contributed by atoms with Crippen LogP contribution in [0.25, 0.3) is 11.3 Å². The smallest absolute Gasteiger partial charge is 0.190 e. The Morgan fingerprint density at radius 1 is 1.19 bits per heavy atom. The Balaban J connectivity index is 1.82. The number of aryl methyl sites for hydroxylation is 2. The second-order valence-corrected chi connectivity index (χ2v) is 8.33. The summed E-state index contributed by atoms with van der Waals surface area (Å²) < 4.78 is 8.20. The van der Waals surface area contributed by atoms with Crippen molar-refractivity contribution in [1.29, 1.82) is 0 Å². The van der Waals surface area contributed by atoms with Gasteiger partial charge in [-0.05, 0) is 61.6 Å². The van der Waals surface area contributed by atoms with Crippen molar-refractivity contribution in [2.45, 2.75) is 39.3 Å². The molecule has 0 saturated carbocycles. The van der Waals surface area contributed by atoms with E-state index in [9.17, 15) is 0 Å². The topological polar surface area (TPSA) is 26.5 Å². The van der Waals surface area contributed by atoms with Crippen LogP contribution in [0.1, 0.15) is 24.0 Å². The molecule has 0 N–H and O–H groups in total. The van der Waals surface area contributed by atoms with E-state index in [1.54, 1.807) is 11.3 Å². The van der Waals surface area contributed by atoms with Gasteiger partial charge < -0.3 is 9.30 Å². The third kappa shape index (κ3) is 4.18. The normalized spacial score (nSPS) is 17.6. The Bertz CT molecular complexity index is 998. The van der Waals surface area contributed by atoms with Gasteiger partial charge in [-0.2, -0.15) is 0 Å². The lowest BCUT2D eigenvalue weighted by atomic mass is 10.1. The van der Waals surface area contributed by atoms with E-state index < -0.39 is 0 Å². The molecule has 1 aliphatic rings. The highest BCUT2D eigenvalue weighted by Gasteiger charge is 2.19. The summed E-state index contributed by atoms with van der Waals surface area (Å²) in [5, 5.41) is 2.93. The first-order chi connectivity index (χ1) is 13.1. The molecule has 1 atom stereocenters. The van der Waals surface area contributed by atoms with E-state index in [-0.39, 0.29) is 6.10 Å². The average Bonchev–Trinajstić information content (AvgIpc) is 3.30. The summed E-state index contributed by atoms with van der Waals surface area (Å²) in [6.45, 7) is 5.89. The molecule has 0 spiro atoms. The maximum Gasteiger partial charge on any atom is 0.190 e. The summed E-state index contributed by atoms with van der Waals surface area (Å²) >= 11 is 7.75. The maximum absolute atomic E-state index is 6.08. The van der Waals surface area contributed by atoms with Crippen LogP contribution < -0.4 is 4.80 Å². The van der Waals surface area contributed by atoms with Crippen molar-refractivity contribution < 1.29 is 4.74 Å². The zero-order valence-electron chi connectivity index (χ0n) is 15.6. The van der Waals surface area contributed by atoms with Crippen LogP contribution in [0, 0.1) is 13.8 Å². The van der Waals surface area contributed by atoms with E-state index in [2.05, 4.69) is 54.1 Å². The van der Waals surface area contributed by atoms with E-state index in [1.807, 2.05) is 12.1 Å². The van der Waals surface area contributed by atoms with Crippen molar-refractivity contribution >= 4 is 28.6 Å². The first-order valence-electron chi connectivity index (χ1n) is 9.28. The number of halogens is 1. The molecule has 2 aromatic carbocycles. The van der Waals surface area contributed by atoms with Gasteiger partial charge in [-0.3, -0.25) is 0 Å². The Hall–Kier alpha value is -1.88. The van der Waals surface area contributed by atoms with Crippen molar-refractivity contribution in [2.75, 3.05) is 6.61 Å². The standard InChI is InChI=1S/C22H23ClN2OS/c1-15-5-6-16(2)20(12-15)24-22-25(13-19-4-3-11-26-19)21(14-27-22)17-7-9-18(23)10-8-17/h5-10,12,14,19H,3-4,11,13H2,1-2H3. The molecule has 140 valence electrons. The second-order valence-electron chi connectivity index (χ2n) is 7.06. The number of nitrogens with zero attached hydrogens (tertiary/aromatic N) is 2. The van der Waals surface area contributed by atoms with E-state index in [1.165, 1.54) is 11.1 Å². The largest absolute Gasteiger partial charge is 0.376 e. The summed E-state index contributed by atoms with van der Waals surface area (Å²) in [6.07, 6.45) is 2.49. The highest BCUT2D eigenvalue weighted by atomic mass is 35.5. The molecule has 4 rings (SSSR count). The van der Waals surface area contributed by atoms with E-state index in [4.69, 9.17) is 21.3 Å². The minimum absolute atomic E-state index is 0.253. The first kappa shape index (κ1) is 18.5. The summed E-state index contributed by atoms with van der Waals surface area (Å²) in [7, 11) is 0. The van der Waals surface area contributed by atoms with Gasteiger partial charge in [-0.15, -0.1) is 11.3 Å². The fourth-order valence-electron chi connectivity index (χ4n) is 3.38. The highest BCUT2D eigenvalue weighted by Crippen LogP contribution is 2.25. The number of thiazole rings is 1. The molecule has 27 heavy (non-hydrogen) atoms. The zero-order chi connectivity index (χ0) is 18.8. The Labute approximate surface area is 168 Å².